The first-order valence-electron chi connectivity index (χ1n) is 11.4. The van der Waals surface area contributed by atoms with E-state index in [0.717, 1.165) is 29.5 Å². The maximum Gasteiger partial charge on any atom is 0.272 e. The second-order valence-corrected chi connectivity index (χ2v) is 9.67. The molecule has 0 aliphatic carbocycles. The molecule has 6 nitrogen and oxygen atoms in total. The Balaban J connectivity index is 2.57. The van der Waals surface area contributed by atoms with E-state index in [1.807, 2.05) is 39.0 Å². The molecular formula is C27H38N2O4. The lowest BCUT2D eigenvalue weighted by Crippen LogP contribution is -2.56. The second-order valence-electron chi connectivity index (χ2n) is 9.67. The van der Waals surface area contributed by atoms with Crippen LogP contribution in [-0.4, -0.2) is 37.1 Å². The molecule has 0 saturated heterocycles. The summed E-state index contributed by atoms with van der Waals surface area (Å²) in [5.74, 6) is 0.492. The molecule has 0 heterocycles. The number of ether oxygens (including phenoxy) is 2. The molecular weight excluding hydrogens is 416 g/mol. The molecule has 6 heteroatoms. The standard InChI is InChI=1S/C27H38N2O4/c1-10-11-24(27(5,6)7)29(28-25(30)20-13-17(2)12-18(3)14-20)26(31)21-15-22(32-8)19(4)23(16-21)33-9/h12-16,24H,10-11H2,1-9H3,(H,28,30)/t24-/m1/s1. The number of carbonyl (C=O) groups excluding carboxylic acids is 2. The van der Waals surface area contributed by atoms with Crippen molar-refractivity contribution in [2.75, 3.05) is 14.2 Å². The van der Waals surface area contributed by atoms with Crippen molar-refractivity contribution in [2.24, 2.45) is 5.41 Å². The Kier molecular flexibility index (Phi) is 8.53. The maximum absolute atomic E-state index is 13.9. The van der Waals surface area contributed by atoms with Gasteiger partial charge < -0.3 is 9.47 Å². The van der Waals surface area contributed by atoms with Crippen LogP contribution in [0.5, 0.6) is 11.5 Å². The van der Waals surface area contributed by atoms with E-state index in [0.29, 0.717) is 22.6 Å². The van der Waals surface area contributed by atoms with Gasteiger partial charge in [-0.15, -0.1) is 0 Å². The van der Waals surface area contributed by atoms with Crippen molar-refractivity contribution in [1.82, 2.24) is 10.4 Å². The van der Waals surface area contributed by atoms with Crippen LogP contribution in [0.25, 0.3) is 0 Å². The number of nitrogens with one attached hydrogen (secondary N) is 1. The third-order valence-corrected chi connectivity index (χ3v) is 5.80. The van der Waals surface area contributed by atoms with Crippen LogP contribution in [0.2, 0.25) is 0 Å². The van der Waals surface area contributed by atoms with Crippen molar-refractivity contribution in [3.63, 3.8) is 0 Å². The molecule has 0 aliphatic rings. The first-order chi connectivity index (χ1) is 15.4. The van der Waals surface area contributed by atoms with Gasteiger partial charge in [0, 0.05) is 16.7 Å². The molecule has 0 bridgehead atoms. The van der Waals surface area contributed by atoms with E-state index in [2.05, 4.69) is 33.1 Å². The Hall–Kier alpha value is -3.02. The summed E-state index contributed by atoms with van der Waals surface area (Å²) in [6.45, 7) is 14.1. The highest BCUT2D eigenvalue weighted by Gasteiger charge is 2.35. The summed E-state index contributed by atoms with van der Waals surface area (Å²) in [5, 5.41) is 1.49. The summed E-state index contributed by atoms with van der Waals surface area (Å²) < 4.78 is 10.9. The molecule has 2 aromatic rings. The number of aryl methyl sites for hydroxylation is 2. The molecule has 0 radical (unpaired) electrons. The zero-order chi connectivity index (χ0) is 24.9. The Morgan fingerprint density at radius 2 is 1.42 bits per heavy atom. The first-order valence-corrected chi connectivity index (χ1v) is 11.4. The molecule has 1 atom stereocenters. The number of hydrogen-bond acceptors (Lipinski definition) is 4. The largest absolute Gasteiger partial charge is 0.496 e. The van der Waals surface area contributed by atoms with Crippen molar-refractivity contribution in [3.8, 4) is 11.5 Å². The van der Waals surface area contributed by atoms with E-state index >= 15 is 0 Å². The van der Waals surface area contributed by atoms with Crippen molar-refractivity contribution < 1.29 is 19.1 Å². The van der Waals surface area contributed by atoms with Gasteiger partial charge in [-0.1, -0.05) is 51.3 Å². The highest BCUT2D eigenvalue weighted by atomic mass is 16.5. The highest BCUT2D eigenvalue weighted by Crippen LogP contribution is 2.32. The maximum atomic E-state index is 13.9. The van der Waals surface area contributed by atoms with E-state index in [1.165, 1.54) is 5.01 Å². The van der Waals surface area contributed by atoms with Crippen LogP contribution < -0.4 is 14.9 Å². The van der Waals surface area contributed by atoms with Crippen LogP contribution in [0.1, 0.15) is 77.9 Å². The van der Waals surface area contributed by atoms with Crippen LogP contribution in [0.4, 0.5) is 0 Å². The van der Waals surface area contributed by atoms with Gasteiger partial charge in [-0.25, -0.2) is 5.01 Å². The van der Waals surface area contributed by atoms with Gasteiger partial charge in [-0.3, -0.25) is 15.0 Å². The zero-order valence-electron chi connectivity index (χ0n) is 21.5. The highest BCUT2D eigenvalue weighted by molar-refractivity contribution is 6.00. The predicted octanol–water partition coefficient (Wildman–Crippen LogP) is 5.63. The molecule has 2 amide bonds. The summed E-state index contributed by atoms with van der Waals surface area (Å²) in [6.07, 6.45) is 1.61. The van der Waals surface area contributed by atoms with Crippen LogP contribution >= 0.6 is 0 Å². The summed E-state index contributed by atoms with van der Waals surface area (Å²) in [5.41, 5.74) is 6.37. The van der Waals surface area contributed by atoms with E-state index in [1.54, 1.807) is 26.4 Å². The van der Waals surface area contributed by atoms with E-state index < -0.39 is 0 Å². The molecule has 1 N–H and O–H groups in total. The van der Waals surface area contributed by atoms with Gasteiger partial charge in [0.2, 0.25) is 0 Å². The van der Waals surface area contributed by atoms with E-state index in [-0.39, 0.29) is 23.3 Å². The molecule has 0 aromatic heterocycles. The molecule has 180 valence electrons. The van der Waals surface area contributed by atoms with Crippen molar-refractivity contribution >= 4 is 11.8 Å². The van der Waals surface area contributed by atoms with Crippen LogP contribution in [-0.2, 0) is 0 Å². The SMILES string of the molecule is CCC[C@@H](N(NC(=O)c1cc(C)cc(C)c1)C(=O)c1cc(OC)c(C)c(OC)c1)C(C)(C)C. The third kappa shape index (κ3) is 6.28. The zero-order valence-corrected chi connectivity index (χ0v) is 21.5. The number of benzene rings is 2. The summed E-state index contributed by atoms with van der Waals surface area (Å²) in [6, 6.07) is 8.84. The number of hydrogen-bond donors (Lipinski definition) is 1. The summed E-state index contributed by atoms with van der Waals surface area (Å²) >= 11 is 0. The average molecular weight is 455 g/mol. The number of methoxy groups -OCH3 is 2. The number of amides is 2. The van der Waals surface area contributed by atoms with Crippen molar-refractivity contribution in [3.05, 3.63) is 58.1 Å². The average Bonchev–Trinajstić information content (AvgIpc) is 2.74. The summed E-state index contributed by atoms with van der Waals surface area (Å²) in [7, 11) is 3.12. The lowest BCUT2D eigenvalue weighted by Gasteiger charge is -2.40. The third-order valence-electron chi connectivity index (χ3n) is 5.80. The van der Waals surface area contributed by atoms with Crippen LogP contribution in [0.3, 0.4) is 0 Å². The Morgan fingerprint density at radius 1 is 0.909 bits per heavy atom. The molecule has 0 spiro atoms. The second kappa shape index (κ2) is 10.7. The van der Waals surface area contributed by atoms with Crippen LogP contribution in [0, 0.1) is 26.2 Å². The normalized spacial score (nSPS) is 12.2. The monoisotopic (exact) mass is 454 g/mol. The van der Waals surface area contributed by atoms with Gasteiger partial charge in [-0.2, -0.15) is 0 Å². The first kappa shape index (κ1) is 26.2. The minimum atomic E-state index is -0.313. The number of nitrogens with zero attached hydrogens (tertiary/aromatic N) is 1. The fraction of sp³-hybridized carbons (Fsp3) is 0.481. The van der Waals surface area contributed by atoms with E-state index in [9.17, 15) is 9.59 Å². The molecule has 0 unspecified atom stereocenters. The van der Waals surface area contributed by atoms with Crippen molar-refractivity contribution in [1.29, 1.82) is 0 Å². The Labute approximate surface area is 198 Å². The van der Waals surface area contributed by atoms with Gasteiger partial charge in [0.1, 0.15) is 11.5 Å². The van der Waals surface area contributed by atoms with Gasteiger partial charge in [0.25, 0.3) is 11.8 Å². The number of rotatable bonds is 7. The lowest BCUT2D eigenvalue weighted by molar-refractivity contribution is 0.0270. The minimum absolute atomic E-state index is 0.219. The van der Waals surface area contributed by atoms with Gasteiger partial charge in [0.15, 0.2) is 0 Å². The molecule has 0 aliphatic heterocycles. The topological polar surface area (TPSA) is 67.9 Å². The van der Waals surface area contributed by atoms with E-state index in [4.69, 9.17) is 9.47 Å². The number of hydrazine groups is 1. The summed E-state index contributed by atoms with van der Waals surface area (Å²) in [4.78, 5) is 27.1. The molecule has 2 aromatic carbocycles. The Bertz CT molecular complexity index is 962. The minimum Gasteiger partial charge on any atom is -0.496 e. The molecule has 33 heavy (non-hydrogen) atoms. The van der Waals surface area contributed by atoms with Gasteiger partial charge in [0.05, 0.1) is 20.3 Å². The molecule has 0 saturated carbocycles. The van der Waals surface area contributed by atoms with Gasteiger partial charge >= 0.3 is 0 Å². The molecule has 0 fully saturated rings. The smallest absolute Gasteiger partial charge is 0.272 e. The predicted molar refractivity (Wildman–Crippen MR) is 132 cm³/mol. The van der Waals surface area contributed by atoms with Crippen molar-refractivity contribution in [2.45, 2.75) is 67.3 Å². The molecule has 2 rings (SSSR count). The fourth-order valence-corrected chi connectivity index (χ4v) is 4.12. The lowest BCUT2D eigenvalue weighted by atomic mass is 9.83. The number of carbonyl (C=O) groups is 2. The van der Waals surface area contributed by atoms with Gasteiger partial charge in [-0.05, 0) is 56.9 Å². The van der Waals surface area contributed by atoms with Crippen LogP contribution in [0.15, 0.2) is 30.3 Å². The Morgan fingerprint density at radius 3 is 1.85 bits per heavy atom. The fourth-order valence-electron chi connectivity index (χ4n) is 4.12. The quantitative estimate of drug-likeness (QED) is 0.551.